The fourth-order valence-corrected chi connectivity index (χ4v) is 1.78. The fourth-order valence-electron chi connectivity index (χ4n) is 1.78. The molecule has 72 valence electrons. The van der Waals surface area contributed by atoms with Crippen LogP contribution in [0.3, 0.4) is 0 Å². The fraction of sp³-hybridized carbons (Fsp3) is 0.300. The summed E-state index contributed by atoms with van der Waals surface area (Å²) in [6.45, 7) is 1.25. The summed E-state index contributed by atoms with van der Waals surface area (Å²) >= 11 is 0. The molecule has 1 aliphatic rings. The maximum atomic E-state index is 11.2. The number of carbonyl (C=O) groups is 1. The van der Waals surface area contributed by atoms with Gasteiger partial charge in [-0.25, -0.2) is 0 Å². The van der Waals surface area contributed by atoms with Gasteiger partial charge in [0.2, 0.25) is 0 Å². The molecule has 0 spiro atoms. The molecule has 0 saturated carbocycles. The van der Waals surface area contributed by atoms with E-state index in [1.165, 1.54) is 0 Å². The van der Waals surface area contributed by atoms with Crippen LogP contribution in [0, 0.1) is 4.91 Å². The van der Waals surface area contributed by atoms with Crippen LogP contribution in [-0.4, -0.2) is 12.5 Å². The van der Waals surface area contributed by atoms with Crippen molar-refractivity contribution in [1.29, 1.82) is 0 Å². The molecule has 0 aliphatic carbocycles. The van der Waals surface area contributed by atoms with E-state index in [2.05, 4.69) is 10.5 Å². The minimum atomic E-state index is -0.593. The van der Waals surface area contributed by atoms with Gasteiger partial charge in [-0.3, -0.25) is 4.79 Å². The Labute approximate surface area is 81.3 Å². The van der Waals surface area contributed by atoms with Crippen LogP contribution in [0.15, 0.2) is 29.4 Å². The number of nitrogens with one attached hydrogen (secondary N) is 1. The first-order valence-electron chi connectivity index (χ1n) is 4.48. The summed E-state index contributed by atoms with van der Waals surface area (Å²) in [7, 11) is 0. The van der Waals surface area contributed by atoms with Crippen LogP contribution < -0.4 is 5.32 Å². The predicted molar refractivity (Wildman–Crippen MR) is 51.7 cm³/mol. The van der Waals surface area contributed by atoms with Gasteiger partial charge >= 0.3 is 0 Å². The van der Waals surface area contributed by atoms with E-state index in [4.69, 9.17) is 0 Å². The number of benzene rings is 1. The van der Waals surface area contributed by atoms with Crippen molar-refractivity contribution < 1.29 is 4.79 Å². The Kier molecular flexibility index (Phi) is 2.37. The lowest BCUT2D eigenvalue weighted by molar-refractivity contribution is -0.119. The molecule has 0 aromatic heterocycles. The zero-order valence-corrected chi connectivity index (χ0v) is 7.56. The van der Waals surface area contributed by atoms with Crippen molar-refractivity contribution in [1.82, 2.24) is 5.32 Å². The Balaban J connectivity index is 2.40. The average Bonchev–Trinajstić information content (AvgIpc) is 2.27. The summed E-state index contributed by atoms with van der Waals surface area (Å²) in [6.07, 6.45) is 0. The van der Waals surface area contributed by atoms with E-state index in [0.29, 0.717) is 6.54 Å². The number of hydrogen-bond acceptors (Lipinski definition) is 3. The zero-order valence-electron chi connectivity index (χ0n) is 7.56. The SMILES string of the molecule is O=NC(=O)C1CNCc2ccccc21. The van der Waals surface area contributed by atoms with Gasteiger partial charge in [0.05, 0.1) is 5.92 Å². The summed E-state index contributed by atoms with van der Waals surface area (Å²) in [5.74, 6) is -0.998. The molecule has 1 aromatic rings. The van der Waals surface area contributed by atoms with Gasteiger partial charge in [-0.1, -0.05) is 24.3 Å². The van der Waals surface area contributed by atoms with E-state index in [0.717, 1.165) is 17.7 Å². The molecule has 0 saturated heterocycles. The molecule has 4 heteroatoms. The smallest absolute Gasteiger partial charge is 0.295 e. The van der Waals surface area contributed by atoms with Crippen LogP contribution in [-0.2, 0) is 11.3 Å². The normalized spacial score (nSPS) is 19.9. The second kappa shape index (κ2) is 3.67. The first kappa shape index (κ1) is 9.02. The summed E-state index contributed by atoms with van der Waals surface area (Å²) < 4.78 is 0. The van der Waals surface area contributed by atoms with Crippen molar-refractivity contribution in [3.05, 3.63) is 40.3 Å². The van der Waals surface area contributed by atoms with Crippen molar-refractivity contribution in [3.8, 4) is 0 Å². The highest BCUT2D eigenvalue weighted by Gasteiger charge is 2.26. The van der Waals surface area contributed by atoms with Gasteiger partial charge in [-0.15, -0.1) is 4.91 Å². The molecule has 1 N–H and O–H groups in total. The van der Waals surface area contributed by atoms with Crippen molar-refractivity contribution in [3.63, 3.8) is 0 Å². The Morgan fingerprint density at radius 2 is 2.21 bits per heavy atom. The first-order valence-corrected chi connectivity index (χ1v) is 4.48. The van der Waals surface area contributed by atoms with Crippen molar-refractivity contribution in [2.45, 2.75) is 12.5 Å². The Morgan fingerprint density at radius 3 is 3.00 bits per heavy atom. The maximum absolute atomic E-state index is 11.2. The number of rotatable bonds is 1. The largest absolute Gasteiger partial charge is 0.312 e. The lowest BCUT2D eigenvalue weighted by atomic mass is 9.90. The van der Waals surface area contributed by atoms with E-state index < -0.39 is 11.8 Å². The van der Waals surface area contributed by atoms with E-state index in [9.17, 15) is 9.70 Å². The maximum Gasteiger partial charge on any atom is 0.295 e. The molecule has 0 bridgehead atoms. The molecule has 2 rings (SSSR count). The minimum Gasteiger partial charge on any atom is -0.312 e. The molecule has 1 atom stereocenters. The third-order valence-electron chi connectivity index (χ3n) is 2.48. The number of amides is 1. The highest BCUT2D eigenvalue weighted by Crippen LogP contribution is 2.24. The molecular weight excluding hydrogens is 180 g/mol. The Bertz CT molecular complexity index is 376. The third-order valence-corrected chi connectivity index (χ3v) is 2.48. The molecule has 1 unspecified atom stereocenters. The number of nitrogens with zero attached hydrogens (tertiary/aromatic N) is 1. The summed E-state index contributed by atoms with van der Waals surface area (Å²) in [4.78, 5) is 21.4. The first-order chi connectivity index (χ1) is 6.83. The quantitative estimate of drug-likeness (QED) is 0.676. The molecule has 1 amide bonds. The summed E-state index contributed by atoms with van der Waals surface area (Å²) in [5.41, 5.74) is 2.00. The standard InChI is InChI=1S/C10H10N2O2/c13-10(12-14)9-6-11-5-7-3-1-2-4-8(7)9/h1-4,9,11H,5-6H2. The number of carbonyl (C=O) groups excluding carboxylic acids is 1. The zero-order chi connectivity index (χ0) is 9.97. The Morgan fingerprint density at radius 1 is 1.43 bits per heavy atom. The second-order valence-corrected chi connectivity index (χ2v) is 3.31. The molecule has 1 aliphatic heterocycles. The van der Waals surface area contributed by atoms with E-state index in [1.807, 2.05) is 24.3 Å². The van der Waals surface area contributed by atoms with Crippen LogP contribution in [0.4, 0.5) is 0 Å². The Hall–Kier alpha value is -1.55. The molecular formula is C10H10N2O2. The number of fused-ring (bicyclic) bond motifs is 1. The lowest BCUT2D eigenvalue weighted by Gasteiger charge is -2.22. The third kappa shape index (κ3) is 1.44. The van der Waals surface area contributed by atoms with Crippen LogP contribution in [0.5, 0.6) is 0 Å². The van der Waals surface area contributed by atoms with Gasteiger partial charge in [-0.05, 0) is 11.1 Å². The van der Waals surface area contributed by atoms with Gasteiger partial charge in [0, 0.05) is 18.3 Å². The highest BCUT2D eigenvalue weighted by molar-refractivity contribution is 5.85. The minimum absolute atomic E-state index is 0.405. The highest BCUT2D eigenvalue weighted by atomic mass is 16.3. The molecule has 4 nitrogen and oxygen atoms in total. The van der Waals surface area contributed by atoms with Crippen molar-refractivity contribution >= 4 is 5.91 Å². The van der Waals surface area contributed by atoms with Crippen LogP contribution in [0.25, 0.3) is 0 Å². The topological polar surface area (TPSA) is 58.5 Å². The molecule has 1 heterocycles. The van der Waals surface area contributed by atoms with Gasteiger partial charge in [0.15, 0.2) is 0 Å². The summed E-state index contributed by atoms with van der Waals surface area (Å²) in [5, 5.41) is 5.57. The molecule has 14 heavy (non-hydrogen) atoms. The average molecular weight is 190 g/mol. The van der Waals surface area contributed by atoms with Gasteiger partial charge in [-0.2, -0.15) is 0 Å². The number of hydrogen-bond donors (Lipinski definition) is 1. The lowest BCUT2D eigenvalue weighted by Crippen LogP contribution is -2.31. The van der Waals surface area contributed by atoms with Crippen LogP contribution in [0.2, 0.25) is 0 Å². The van der Waals surface area contributed by atoms with E-state index >= 15 is 0 Å². The van der Waals surface area contributed by atoms with Crippen LogP contribution >= 0.6 is 0 Å². The second-order valence-electron chi connectivity index (χ2n) is 3.31. The predicted octanol–water partition coefficient (Wildman–Crippen LogP) is 1.17. The summed E-state index contributed by atoms with van der Waals surface area (Å²) in [6, 6.07) is 7.62. The van der Waals surface area contributed by atoms with E-state index in [1.54, 1.807) is 0 Å². The molecule has 1 aromatic carbocycles. The van der Waals surface area contributed by atoms with Crippen molar-refractivity contribution in [2.75, 3.05) is 6.54 Å². The monoisotopic (exact) mass is 190 g/mol. The molecule has 0 radical (unpaired) electrons. The van der Waals surface area contributed by atoms with Crippen molar-refractivity contribution in [2.24, 2.45) is 5.18 Å². The molecule has 0 fully saturated rings. The van der Waals surface area contributed by atoms with Gasteiger partial charge in [0.25, 0.3) is 5.91 Å². The van der Waals surface area contributed by atoms with Crippen LogP contribution in [0.1, 0.15) is 17.0 Å². The van der Waals surface area contributed by atoms with Gasteiger partial charge < -0.3 is 5.32 Å². The number of nitroso groups, excluding NO2 is 1. The van der Waals surface area contributed by atoms with E-state index in [-0.39, 0.29) is 0 Å². The van der Waals surface area contributed by atoms with Gasteiger partial charge in [0.1, 0.15) is 0 Å².